The summed E-state index contributed by atoms with van der Waals surface area (Å²) in [4.78, 5) is 12.6. The Morgan fingerprint density at radius 1 is 1.53 bits per heavy atom. The van der Waals surface area contributed by atoms with E-state index >= 15 is 0 Å². The molecule has 5 nitrogen and oxygen atoms in total. The predicted octanol–water partition coefficient (Wildman–Crippen LogP) is 1.86. The largest absolute Gasteiger partial charge is 0.495 e. The molecule has 1 N–H and O–H groups in total. The second kappa shape index (κ2) is 7.39. The van der Waals surface area contributed by atoms with Gasteiger partial charge in [0.25, 0.3) is 0 Å². The van der Waals surface area contributed by atoms with Crippen LogP contribution in [0.25, 0.3) is 0 Å². The van der Waals surface area contributed by atoms with Gasteiger partial charge in [0, 0.05) is 13.1 Å². The summed E-state index contributed by atoms with van der Waals surface area (Å²) < 4.78 is 5.16. The molecular weight excluding hydrogens is 244 g/mol. The van der Waals surface area contributed by atoms with Crippen molar-refractivity contribution in [3.8, 4) is 11.8 Å². The van der Waals surface area contributed by atoms with E-state index in [1.165, 1.54) is 7.11 Å². The highest BCUT2D eigenvalue weighted by atomic mass is 16.5. The van der Waals surface area contributed by atoms with Gasteiger partial charge in [-0.15, -0.1) is 0 Å². The fourth-order valence-corrected chi connectivity index (χ4v) is 1.79. The van der Waals surface area contributed by atoms with Crippen LogP contribution in [0.15, 0.2) is 18.2 Å². The van der Waals surface area contributed by atoms with Crippen molar-refractivity contribution in [3.05, 3.63) is 29.3 Å². The van der Waals surface area contributed by atoms with Gasteiger partial charge in [0.05, 0.1) is 19.1 Å². The molecule has 0 fully saturated rings. The van der Waals surface area contributed by atoms with Gasteiger partial charge in [-0.05, 0) is 24.2 Å². The van der Waals surface area contributed by atoms with Crippen molar-refractivity contribution < 1.29 is 14.6 Å². The molecule has 0 aliphatic heterocycles. The van der Waals surface area contributed by atoms with Gasteiger partial charge in [-0.2, -0.15) is 5.26 Å². The third kappa shape index (κ3) is 4.60. The zero-order chi connectivity index (χ0) is 14.3. The normalized spacial score (nSPS) is 10.2. The zero-order valence-electron chi connectivity index (χ0n) is 11.2. The topological polar surface area (TPSA) is 73.6 Å². The molecule has 0 spiro atoms. The van der Waals surface area contributed by atoms with E-state index in [1.807, 2.05) is 24.0 Å². The first-order valence-corrected chi connectivity index (χ1v) is 6.11. The Morgan fingerprint density at radius 2 is 2.26 bits per heavy atom. The van der Waals surface area contributed by atoms with Crippen molar-refractivity contribution in [1.82, 2.24) is 4.90 Å². The SMILES string of the molecule is CCN(CCC(=O)O)Cc1ccc(C#N)c(OC)c1. The van der Waals surface area contributed by atoms with E-state index in [1.54, 1.807) is 6.07 Å². The average molecular weight is 262 g/mol. The smallest absolute Gasteiger partial charge is 0.304 e. The molecule has 0 saturated heterocycles. The van der Waals surface area contributed by atoms with Crippen LogP contribution in [0.2, 0.25) is 0 Å². The summed E-state index contributed by atoms with van der Waals surface area (Å²) >= 11 is 0. The summed E-state index contributed by atoms with van der Waals surface area (Å²) in [5.74, 6) is -0.245. The lowest BCUT2D eigenvalue weighted by molar-refractivity contribution is -0.137. The Bertz CT molecular complexity index is 480. The number of carbonyl (C=O) groups is 1. The number of methoxy groups -OCH3 is 1. The van der Waals surface area contributed by atoms with Crippen molar-refractivity contribution in [1.29, 1.82) is 5.26 Å². The van der Waals surface area contributed by atoms with Gasteiger partial charge in [0.15, 0.2) is 0 Å². The predicted molar refractivity (Wildman–Crippen MR) is 70.9 cm³/mol. The van der Waals surface area contributed by atoms with Gasteiger partial charge in [-0.3, -0.25) is 9.69 Å². The van der Waals surface area contributed by atoms with E-state index in [9.17, 15) is 4.79 Å². The first-order valence-electron chi connectivity index (χ1n) is 6.11. The van der Waals surface area contributed by atoms with E-state index in [2.05, 4.69) is 6.07 Å². The lowest BCUT2D eigenvalue weighted by atomic mass is 10.1. The number of rotatable bonds is 7. The van der Waals surface area contributed by atoms with Crippen molar-refractivity contribution in [2.24, 2.45) is 0 Å². The van der Waals surface area contributed by atoms with Crippen molar-refractivity contribution >= 4 is 5.97 Å². The van der Waals surface area contributed by atoms with E-state index in [4.69, 9.17) is 15.1 Å². The van der Waals surface area contributed by atoms with Crippen molar-refractivity contribution in [3.63, 3.8) is 0 Å². The highest BCUT2D eigenvalue weighted by Gasteiger charge is 2.09. The monoisotopic (exact) mass is 262 g/mol. The summed E-state index contributed by atoms with van der Waals surface area (Å²) in [5.41, 5.74) is 1.50. The number of nitriles is 1. The molecule has 1 aromatic rings. The van der Waals surface area contributed by atoms with Crippen LogP contribution < -0.4 is 4.74 Å². The fraction of sp³-hybridized carbons (Fsp3) is 0.429. The maximum atomic E-state index is 10.6. The molecule has 1 rings (SSSR count). The zero-order valence-corrected chi connectivity index (χ0v) is 11.2. The van der Waals surface area contributed by atoms with E-state index < -0.39 is 5.97 Å². The van der Waals surface area contributed by atoms with Crippen molar-refractivity contribution in [2.45, 2.75) is 19.9 Å². The first kappa shape index (κ1) is 15.0. The van der Waals surface area contributed by atoms with Crippen LogP contribution in [-0.4, -0.2) is 36.2 Å². The minimum Gasteiger partial charge on any atom is -0.495 e. The molecule has 1 aromatic carbocycles. The number of carboxylic acid groups (broad SMARTS) is 1. The Labute approximate surface area is 113 Å². The van der Waals surface area contributed by atoms with E-state index in [-0.39, 0.29) is 6.42 Å². The molecule has 0 radical (unpaired) electrons. The summed E-state index contributed by atoms with van der Waals surface area (Å²) in [6, 6.07) is 7.47. The molecule has 0 aromatic heterocycles. The second-order valence-electron chi connectivity index (χ2n) is 4.16. The van der Waals surface area contributed by atoms with Crippen LogP contribution in [0.5, 0.6) is 5.75 Å². The molecular formula is C14H18N2O3. The minimum atomic E-state index is -0.796. The van der Waals surface area contributed by atoms with Crippen LogP contribution >= 0.6 is 0 Å². The summed E-state index contributed by atoms with van der Waals surface area (Å²) in [6.07, 6.45) is 0.126. The lowest BCUT2D eigenvalue weighted by Gasteiger charge is -2.19. The molecule has 19 heavy (non-hydrogen) atoms. The van der Waals surface area contributed by atoms with Crippen LogP contribution in [0.1, 0.15) is 24.5 Å². The van der Waals surface area contributed by atoms with E-state index in [0.29, 0.717) is 24.4 Å². The van der Waals surface area contributed by atoms with Gasteiger partial charge >= 0.3 is 5.97 Å². The molecule has 0 heterocycles. The molecule has 0 amide bonds. The van der Waals surface area contributed by atoms with Crippen molar-refractivity contribution in [2.75, 3.05) is 20.2 Å². The second-order valence-corrected chi connectivity index (χ2v) is 4.16. The average Bonchev–Trinajstić information content (AvgIpc) is 2.42. The number of nitrogens with zero attached hydrogens (tertiary/aromatic N) is 2. The van der Waals surface area contributed by atoms with Gasteiger partial charge in [-0.1, -0.05) is 13.0 Å². The highest BCUT2D eigenvalue weighted by Crippen LogP contribution is 2.20. The number of hydrogen-bond donors (Lipinski definition) is 1. The maximum absolute atomic E-state index is 10.6. The van der Waals surface area contributed by atoms with E-state index in [0.717, 1.165) is 12.1 Å². The molecule has 0 aliphatic carbocycles. The number of carboxylic acids is 1. The molecule has 0 aliphatic rings. The minimum absolute atomic E-state index is 0.126. The molecule has 0 bridgehead atoms. The Hall–Kier alpha value is -2.06. The number of aliphatic carboxylic acids is 1. The maximum Gasteiger partial charge on any atom is 0.304 e. The number of benzene rings is 1. The molecule has 0 saturated carbocycles. The Balaban J connectivity index is 2.75. The Morgan fingerprint density at radius 3 is 2.79 bits per heavy atom. The quantitative estimate of drug-likeness (QED) is 0.812. The third-order valence-electron chi connectivity index (χ3n) is 2.88. The standard InChI is InChI=1S/C14H18N2O3/c1-3-16(7-6-14(17)18)10-11-4-5-12(9-15)13(8-11)19-2/h4-5,8H,3,6-7,10H2,1-2H3,(H,17,18). The van der Waals surface area contributed by atoms with Crippen LogP contribution in [0.4, 0.5) is 0 Å². The molecule has 0 atom stereocenters. The summed E-state index contributed by atoms with van der Waals surface area (Å²) in [6.45, 7) is 3.92. The first-order chi connectivity index (χ1) is 9.10. The fourth-order valence-electron chi connectivity index (χ4n) is 1.79. The molecule has 0 unspecified atom stereocenters. The lowest BCUT2D eigenvalue weighted by Crippen LogP contribution is -2.25. The van der Waals surface area contributed by atoms with Gasteiger partial charge < -0.3 is 9.84 Å². The summed E-state index contributed by atoms with van der Waals surface area (Å²) in [5, 5.41) is 17.6. The van der Waals surface area contributed by atoms with Crippen LogP contribution in [0.3, 0.4) is 0 Å². The third-order valence-corrected chi connectivity index (χ3v) is 2.88. The van der Waals surface area contributed by atoms with Gasteiger partial charge in [0.2, 0.25) is 0 Å². The summed E-state index contributed by atoms with van der Waals surface area (Å²) in [7, 11) is 1.53. The molecule has 5 heteroatoms. The number of hydrogen-bond acceptors (Lipinski definition) is 4. The number of ether oxygens (including phenoxy) is 1. The van der Waals surface area contributed by atoms with Crippen LogP contribution in [-0.2, 0) is 11.3 Å². The molecule has 102 valence electrons. The highest BCUT2D eigenvalue weighted by molar-refractivity contribution is 5.66. The Kier molecular flexibility index (Phi) is 5.83. The van der Waals surface area contributed by atoms with Gasteiger partial charge in [-0.25, -0.2) is 0 Å². The van der Waals surface area contributed by atoms with Crippen LogP contribution in [0, 0.1) is 11.3 Å². The van der Waals surface area contributed by atoms with Gasteiger partial charge in [0.1, 0.15) is 11.8 Å².